The van der Waals surface area contributed by atoms with Crippen molar-refractivity contribution in [3.05, 3.63) is 64.4 Å². The van der Waals surface area contributed by atoms with Gasteiger partial charge in [-0.3, -0.25) is 4.79 Å². The molecule has 0 saturated heterocycles. The molecule has 3 heteroatoms. The normalized spacial score (nSPS) is 10.7. The van der Waals surface area contributed by atoms with E-state index in [1.54, 1.807) is 12.1 Å². The van der Waals surface area contributed by atoms with Crippen LogP contribution in [0.5, 0.6) is 0 Å². The summed E-state index contributed by atoms with van der Waals surface area (Å²) in [5.74, 6) is 5.14. The Morgan fingerprint density at radius 1 is 1.14 bits per heavy atom. The maximum atomic E-state index is 12.0. The fourth-order valence-electron chi connectivity index (χ4n) is 1.81. The maximum absolute atomic E-state index is 12.0. The van der Waals surface area contributed by atoms with Crippen molar-refractivity contribution >= 4 is 17.4 Å². The predicted octanol–water partition coefficient (Wildman–Crippen LogP) is 4.27. The third-order valence-corrected chi connectivity index (χ3v) is 3.38. The summed E-state index contributed by atoms with van der Waals surface area (Å²) in [6.07, 6.45) is 1.54. The number of carbonyl (C=O) groups excluding carboxylic acids is 1. The smallest absolute Gasteiger partial charge is 0.239 e. The number of aromatic nitrogens is 1. The van der Waals surface area contributed by atoms with E-state index < -0.39 is 0 Å². The van der Waals surface area contributed by atoms with Crippen LogP contribution in [0.3, 0.4) is 0 Å². The fourth-order valence-corrected chi connectivity index (χ4v) is 2.01. The van der Waals surface area contributed by atoms with Gasteiger partial charge in [0.2, 0.25) is 5.78 Å². The third-order valence-electron chi connectivity index (χ3n) is 3.08. The van der Waals surface area contributed by atoms with Crippen LogP contribution in [0.2, 0.25) is 5.15 Å². The Morgan fingerprint density at radius 3 is 2.38 bits per heavy atom. The molecule has 1 heterocycles. The van der Waals surface area contributed by atoms with Crippen LogP contribution in [0.15, 0.2) is 42.6 Å². The van der Waals surface area contributed by atoms with Gasteiger partial charge < -0.3 is 0 Å². The Labute approximate surface area is 130 Å². The van der Waals surface area contributed by atoms with E-state index in [4.69, 9.17) is 11.6 Å². The van der Waals surface area contributed by atoms with E-state index >= 15 is 0 Å². The number of nitrogens with zero attached hydrogens (tertiary/aromatic N) is 1. The van der Waals surface area contributed by atoms with Crippen LogP contribution in [0.25, 0.3) is 0 Å². The molecule has 0 aliphatic carbocycles. The van der Waals surface area contributed by atoms with E-state index in [1.807, 2.05) is 24.3 Å². The number of carbonyl (C=O) groups is 1. The van der Waals surface area contributed by atoms with Gasteiger partial charge in [-0.05, 0) is 41.2 Å². The van der Waals surface area contributed by atoms with Crippen LogP contribution in [0, 0.1) is 11.8 Å². The molecule has 0 fully saturated rings. The van der Waals surface area contributed by atoms with Gasteiger partial charge in [0.25, 0.3) is 0 Å². The molecular formula is C18H16ClNO. The van der Waals surface area contributed by atoms with Crippen molar-refractivity contribution < 1.29 is 4.79 Å². The summed E-state index contributed by atoms with van der Waals surface area (Å²) in [7, 11) is 0. The van der Waals surface area contributed by atoms with Crippen molar-refractivity contribution in [2.24, 2.45) is 0 Å². The molecule has 0 spiro atoms. The molecule has 0 N–H and O–H groups in total. The number of pyridine rings is 1. The highest BCUT2D eigenvalue weighted by Crippen LogP contribution is 2.21. The molecule has 0 atom stereocenters. The monoisotopic (exact) mass is 297 g/mol. The van der Waals surface area contributed by atoms with Gasteiger partial charge >= 0.3 is 0 Å². The molecule has 0 aliphatic rings. The SMILES string of the molecule is CC(C)(C)c1ccc(C#CC(=O)c2cccnc2Cl)cc1. The first-order chi connectivity index (χ1) is 9.88. The third kappa shape index (κ3) is 3.93. The highest BCUT2D eigenvalue weighted by molar-refractivity contribution is 6.33. The molecule has 0 aliphatic heterocycles. The molecule has 1 aromatic carbocycles. The zero-order valence-corrected chi connectivity index (χ0v) is 13.0. The Morgan fingerprint density at radius 2 is 1.81 bits per heavy atom. The van der Waals surface area contributed by atoms with Crippen molar-refractivity contribution in [1.29, 1.82) is 0 Å². The van der Waals surface area contributed by atoms with Gasteiger partial charge in [-0.1, -0.05) is 50.4 Å². The summed E-state index contributed by atoms with van der Waals surface area (Å²) < 4.78 is 0. The molecule has 0 radical (unpaired) electrons. The predicted molar refractivity (Wildman–Crippen MR) is 85.6 cm³/mol. The topological polar surface area (TPSA) is 30.0 Å². The Hall–Kier alpha value is -2.11. The van der Waals surface area contributed by atoms with Gasteiger partial charge in [0, 0.05) is 11.8 Å². The first-order valence-electron chi connectivity index (χ1n) is 6.65. The van der Waals surface area contributed by atoms with Gasteiger partial charge in [-0.15, -0.1) is 0 Å². The summed E-state index contributed by atoms with van der Waals surface area (Å²) in [6.45, 7) is 6.46. The first kappa shape index (κ1) is 15.3. The minimum Gasteiger partial charge on any atom is -0.279 e. The molecule has 0 unspecified atom stereocenters. The minimum absolute atomic E-state index is 0.102. The number of Topliss-reactive ketones (excluding diaryl/α,β-unsaturated/α-hetero) is 1. The van der Waals surface area contributed by atoms with E-state index in [0.717, 1.165) is 5.56 Å². The number of ketones is 1. The average Bonchev–Trinajstić information content (AvgIpc) is 2.45. The van der Waals surface area contributed by atoms with Crippen LogP contribution >= 0.6 is 11.6 Å². The van der Waals surface area contributed by atoms with Crippen molar-refractivity contribution in [2.75, 3.05) is 0 Å². The van der Waals surface area contributed by atoms with Crippen molar-refractivity contribution in [3.8, 4) is 11.8 Å². The second-order valence-electron chi connectivity index (χ2n) is 5.75. The van der Waals surface area contributed by atoms with Crippen molar-refractivity contribution in [1.82, 2.24) is 4.98 Å². The highest BCUT2D eigenvalue weighted by Gasteiger charge is 2.12. The standard InChI is InChI=1S/C18H16ClNO/c1-18(2,3)14-9-6-13(7-10-14)8-11-16(21)15-5-4-12-20-17(15)19/h4-7,9-10,12H,1-3H3. The summed E-state index contributed by atoms with van der Waals surface area (Å²) in [6, 6.07) is 11.2. The van der Waals surface area contributed by atoms with E-state index in [2.05, 4.69) is 37.6 Å². The quantitative estimate of drug-likeness (QED) is 0.447. The molecule has 0 amide bonds. The number of halogens is 1. The van der Waals surface area contributed by atoms with E-state index in [-0.39, 0.29) is 16.4 Å². The highest BCUT2D eigenvalue weighted by atomic mass is 35.5. The number of rotatable bonds is 1. The van der Waals surface area contributed by atoms with Crippen LogP contribution in [-0.4, -0.2) is 10.8 Å². The zero-order valence-electron chi connectivity index (χ0n) is 12.3. The largest absolute Gasteiger partial charge is 0.279 e. The van der Waals surface area contributed by atoms with Gasteiger partial charge in [0.1, 0.15) is 5.15 Å². The number of benzene rings is 1. The molecule has 2 aromatic rings. The Balaban J connectivity index is 2.20. The molecular weight excluding hydrogens is 282 g/mol. The first-order valence-corrected chi connectivity index (χ1v) is 7.03. The molecule has 1 aromatic heterocycles. The Kier molecular flexibility index (Phi) is 4.45. The lowest BCUT2D eigenvalue weighted by molar-refractivity contribution is 0.105. The summed E-state index contributed by atoms with van der Waals surface area (Å²) in [5.41, 5.74) is 2.47. The molecule has 0 saturated carbocycles. The fraction of sp³-hybridized carbons (Fsp3) is 0.222. The zero-order chi connectivity index (χ0) is 15.5. The second kappa shape index (κ2) is 6.11. The lowest BCUT2D eigenvalue weighted by Gasteiger charge is -2.18. The average molecular weight is 298 g/mol. The van der Waals surface area contributed by atoms with E-state index in [0.29, 0.717) is 5.56 Å². The van der Waals surface area contributed by atoms with Crippen LogP contribution in [0.1, 0.15) is 42.3 Å². The van der Waals surface area contributed by atoms with Gasteiger partial charge in [0.05, 0.1) is 5.56 Å². The van der Waals surface area contributed by atoms with E-state index in [1.165, 1.54) is 11.8 Å². The minimum atomic E-state index is -0.326. The van der Waals surface area contributed by atoms with Crippen LogP contribution < -0.4 is 0 Å². The molecule has 2 nitrogen and oxygen atoms in total. The summed E-state index contributed by atoms with van der Waals surface area (Å²) in [4.78, 5) is 15.8. The second-order valence-corrected chi connectivity index (χ2v) is 6.11. The van der Waals surface area contributed by atoms with Crippen LogP contribution in [0.4, 0.5) is 0 Å². The number of hydrogen-bond donors (Lipinski definition) is 0. The van der Waals surface area contributed by atoms with E-state index in [9.17, 15) is 4.79 Å². The Bertz CT molecular complexity index is 715. The van der Waals surface area contributed by atoms with Crippen LogP contribution in [-0.2, 0) is 5.41 Å². The maximum Gasteiger partial charge on any atom is 0.239 e. The van der Waals surface area contributed by atoms with Gasteiger partial charge in [-0.2, -0.15) is 0 Å². The van der Waals surface area contributed by atoms with Gasteiger partial charge in [0.15, 0.2) is 0 Å². The molecule has 0 bridgehead atoms. The summed E-state index contributed by atoms with van der Waals surface area (Å²) in [5, 5.41) is 0.180. The summed E-state index contributed by atoms with van der Waals surface area (Å²) >= 11 is 5.87. The van der Waals surface area contributed by atoms with Gasteiger partial charge in [-0.25, -0.2) is 4.98 Å². The molecule has 2 rings (SSSR count). The van der Waals surface area contributed by atoms with Crippen molar-refractivity contribution in [3.63, 3.8) is 0 Å². The van der Waals surface area contributed by atoms with Crippen molar-refractivity contribution in [2.45, 2.75) is 26.2 Å². The lowest BCUT2D eigenvalue weighted by atomic mass is 9.87. The lowest BCUT2D eigenvalue weighted by Crippen LogP contribution is -2.10. The number of hydrogen-bond acceptors (Lipinski definition) is 2. The molecule has 21 heavy (non-hydrogen) atoms. The molecule has 106 valence electrons.